The maximum absolute atomic E-state index is 9.15. The number of oxime groups is 1. The van der Waals surface area contributed by atoms with E-state index < -0.39 is 0 Å². The number of rotatable bonds is 1. The first-order valence-electron chi connectivity index (χ1n) is 6.51. The molecule has 0 radical (unpaired) electrons. The number of piperidine rings is 1. The summed E-state index contributed by atoms with van der Waals surface area (Å²) in [5, 5.41) is 12.7. The van der Waals surface area contributed by atoms with Gasteiger partial charge in [-0.3, -0.25) is 4.90 Å². The van der Waals surface area contributed by atoms with E-state index in [0.717, 1.165) is 31.4 Å². The van der Waals surface area contributed by atoms with Crippen LogP contribution in [0.4, 0.5) is 0 Å². The fourth-order valence-corrected chi connectivity index (χ4v) is 2.79. The lowest BCUT2D eigenvalue weighted by molar-refractivity contribution is 0.188. The molecule has 0 aromatic heterocycles. The van der Waals surface area contributed by atoms with Crippen LogP contribution >= 0.6 is 0 Å². The molecule has 1 saturated heterocycles. The van der Waals surface area contributed by atoms with Gasteiger partial charge in [0.05, 0.1) is 11.8 Å². The van der Waals surface area contributed by atoms with Crippen LogP contribution in [-0.4, -0.2) is 35.0 Å². The Bertz CT molecular complexity index is 267. The lowest BCUT2D eigenvalue weighted by Crippen LogP contribution is -2.44. The van der Waals surface area contributed by atoms with Crippen molar-refractivity contribution in [1.82, 2.24) is 4.90 Å². The maximum atomic E-state index is 9.15. The molecule has 0 saturated carbocycles. The van der Waals surface area contributed by atoms with Crippen molar-refractivity contribution in [3.8, 4) is 0 Å². The highest BCUT2D eigenvalue weighted by Gasteiger charge is 2.25. The molecule has 0 aromatic rings. The molecule has 0 spiro atoms. The van der Waals surface area contributed by atoms with Crippen molar-refractivity contribution in [2.24, 2.45) is 5.16 Å². The first kappa shape index (κ1) is 11.6. The molecule has 0 aromatic carbocycles. The Kier molecular flexibility index (Phi) is 4.40. The van der Waals surface area contributed by atoms with Gasteiger partial charge < -0.3 is 5.21 Å². The third-order valence-corrected chi connectivity index (χ3v) is 3.69. The molecule has 1 atom stereocenters. The molecule has 2 aliphatic rings. The molecule has 1 N–H and O–H groups in total. The van der Waals surface area contributed by atoms with Crippen molar-refractivity contribution in [2.45, 2.75) is 51.0 Å². The highest BCUT2D eigenvalue weighted by molar-refractivity contribution is 5.89. The fourth-order valence-electron chi connectivity index (χ4n) is 2.79. The summed E-state index contributed by atoms with van der Waals surface area (Å²) >= 11 is 0. The van der Waals surface area contributed by atoms with Gasteiger partial charge >= 0.3 is 0 Å². The Balaban J connectivity index is 2.04. The van der Waals surface area contributed by atoms with Crippen LogP contribution in [0.25, 0.3) is 0 Å². The molecule has 1 aliphatic heterocycles. The zero-order valence-electron chi connectivity index (χ0n) is 9.94. The van der Waals surface area contributed by atoms with Gasteiger partial charge in [-0.1, -0.05) is 23.7 Å². The van der Waals surface area contributed by atoms with Gasteiger partial charge in [0.2, 0.25) is 0 Å². The van der Waals surface area contributed by atoms with E-state index in [9.17, 15) is 0 Å². The average molecular weight is 222 g/mol. The smallest absolute Gasteiger partial charge is 0.0745 e. The quantitative estimate of drug-likeness (QED) is 0.421. The van der Waals surface area contributed by atoms with E-state index >= 15 is 0 Å². The predicted molar refractivity (Wildman–Crippen MR) is 66.0 cm³/mol. The van der Waals surface area contributed by atoms with Gasteiger partial charge in [-0.2, -0.15) is 0 Å². The maximum Gasteiger partial charge on any atom is 0.0745 e. The van der Waals surface area contributed by atoms with Crippen LogP contribution in [0.15, 0.2) is 17.3 Å². The minimum Gasteiger partial charge on any atom is -0.411 e. The SMILES string of the molecule is O/N=C1/CCC=CCC[C@H]1N1CCCCC1. The monoisotopic (exact) mass is 222 g/mol. The molecule has 0 amide bonds. The second-order valence-electron chi connectivity index (χ2n) is 4.79. The number of hydrogen-bond acceptors (Lipinski definition) is 3. The minimum absolute atomic E-state index is 0.384. The van der Waals surface area contributed by atoms with E-state index in [2.05, 4.69) is 22.2 Å². The third-order valence-electron chi connectivity index (χ3n) is 3.69. The number of likely N-dealkylation sites (tertiary alicyclic amines) is 1. The largest absolute Gasteiger partial charge is 0.411 e. The van der Waals surface area contributed by atoms with E-state index in [1.807, 2.05) is 0 Å². The Labute approximate surface area is 97.8 Å². The lowest BCUT2D eigenvalue weighted by Gasteiger charge is -2.35. The van der Waals surface area contributed by atoms with Gasteiger partial charge in [-0.15, -0.1) is 0 Å². The third kappa shape index (κ3) is 2.85. The van der Waals surface area contributed by atoms with Crippen LogP contribution in [0.3, 0.4) is 0 Å². The number of hydrogen-bond donors (Lipinski definition) is 1. The first-order valence-corrected chi connectivity index (χ1v) is 6.51. The molecule has 1 aliphatic carbocycles. The summed E-state index contributed by atoms with van der Waals surface area (Å²) in [4.78, 5) is 2.51. The van der Waals surface area contributed by atoms with Gasteiger partial charge in [0.1, 0.15) is 0 Å². The average Bonchev–Trinajstić information content (AvgIpc) is 2.30. The van der Waals surface area contributed by atoms with E-state index in [-0.39, 0.29) is 0 Å². The van der Waals surface area contributed by atoms with E-state index in [1.165, 1.54) is 32.4 Å². The minimum atomic E-state index is 0.384. The van der Waals surface area contributed by atoms with Crippen LogP contribution in [0.5, 0.6) is 0 Å². The summed E-state index contributed by atoms with van der Waals surface area (Å²) in [6, 6.07) is 0.384. The zero-order valence-corrected chi connectivity index (χ0v) is 9.94. The van der Waals surface area contributed by atoms with Gasteiger partial charge in [0.15, 0.2) is 0 Å². The molecular weight excluding hydrogens is 200 g/mol. The van der Waals surface area contributed by atoms with Crippen molar-refractivity contribution in [1.29, 1.82) is 0 Å². The summed E-state index contributed by atoms with van der Waals surface area (Å²) in [5.41, 5.74) is 0.992. The van der Waals surface area contributed by atoms with Crippen molar-refractivity contribution in [2.75, 3.05) is 13.1 Å². The molecule has 90 valence electrons. The Morgan fingerprint density at radius 2 is 1.88 bits per heavy atom. The van der Waals surface area contributed by atoms with E-state index in [1.54, 1.807) is 0 Å². The van der Waals surface area contributed by atoms with Gasteiger partial charge in [0, 0.05) is 0 Å². The van der Waals surface area contributed by atoms with Crippen molar-refractivity contribution in [3.05, 3.63) is 12.2 Å². The second-order valence-corrected chi connectivity index (χ2v) is 4.79. The lowest BCUT2D eigenvalue weighted by atomic mass is 9.95. The highest BCUT2D eigenvalue weighted by Crippen LogP contribution is 2.20. The standard InChI is InChI=1S/C13H22N2O/c16-14-12-8-4-1-2-5-9-13(12)15-10-6-3-7-11-15/h1-2,13,16H,3-11H2/b2-1?,14-12-/t13-/m1/s1. The molecule has 1 fully saturated rings. The summed E-state index contributed by atoms with van der Waals surface area (Å²) < 4.78 is 0. The van der Waals surface area contributed by atoms with Crippen LogP contribution in [-0.2, 0) is 0 Å². The first-order chi connectivity index (χ1) is 7.92. The summed E-state index contributed by atoms with van der Waals surface area (Å²) in [5.74, 6) is 0. The van der Waals surface area contributed by atoms with Crippen LogP contribution in [0.2, 0.25) is 0 Å². The molecule has 3 heteroatoms. The molecule has 2 rings (SSSR count). The van der Waals surface area contributed by atoms with E-state index in [0.29, 0.717) is 6.04 Å². The van der Waals surface area contributed by atoms with Crippen LogP contribution in [0.1, 0.15) is 44.9 Å². The van der Waals surface area contributed by atoms with Crippen molar-refractivity contribution >= 4 is 5.71 Å². The molecule has 3 nitrogen and oxygen atoms in total. The molecular formula is C13H22N2O. The van der Waals surface area contributed by atoms with Gasteiger partial charge in [-0.25, -0.2) is 0 Å². The summed E-state index contributed by atoms with van der Waals surface area (Å²) in [6.07, 6.45) is 12.6. The zero-order chi connectivity index (χ0) is 11.2. The summed E-state index contributed by atoms with van der Waals surface area (Å²) in [7, 11) is 0. The molecule has 0 bridgehead atoms. The molecule has 16 heavy (non-hydrogen) atoms. The topological polar surface area (TPSA) is 35.8 Å². The van der Waals surface area contributed by atoms with Crippen LogP contribution < -0.4 is 0 Å². The van der Waals surface area contributed by atoms with Gasteiger partial charge in [-0.05, 0) is 51.6 Å². The van der Waals surface area contributed by atoms with E-state index in [4.69, 9.17) is 5.21 Å². The number of allylic oxidation sites excluding steroid dienone is 2. The van der Waals surface area contributed by atoms with Crippen molar-refractivity contribution < 1.29 is 5.21 Å². The molecule has 0 unspecified atom stereocenters. The normalized spacial score (nSPS) is 31.2. The Morgan fingerprint density at radius 1 is 1.12 bits per heavy atom. The van der Waals surface area contributed by atoms with Crippen molar-refractivity contribution in [3.63, 3.8) is 0 Å². The Hall–Kier alpha value is -0.830. The van der Waals surface area contributed by atoms with Gasteiger partial charge in [0.25, 0.3) is 0 Å². The molecule has 1 heterocycles. The second kappa shape index (κ2) is 6.04. The van der Waals surface area contributed by atoms with Crippen LogP contribution in [0, 0.1) is 0 Å². The predicted octanol–water partition coefficient (Wildman–Crippen LogP) is 2.80. The number of nitrogens with zero attached hydrogens (tertiary/aromatic N) is 2. The fraction of sp³-hybridized carbons (Fsp3) is 0.769. The Morgan fingerprint density at radius 3 is 2.62 bits per heavy atom. The highest BCUT2D eigenvalue weighted by atomic mass is 16.4. The summed E-state index contributed by atoms with van der Waals surface area (Å²) in [6.45, 7) is 2.35.